The van der Waals surface area contributed by atoms with E-state index in [9.17, 15) is 14.4 Å². The number of ketones is 1. The second kappa shape index (κ2) is 13.5. The third-order valence-corrected chi connectivity index (χ3v) is 5.31. The molecule has 2 atom stereocenters. The highest BCUT2D eigenvalue weighted by Crippen LogP contribution is 2.15. The SMILES string of the molecule is CCCC[C@H](NC(=O)[C@H](CC(C)C)NC(=O)OC(C)(C)C)C(=O)CSCc1ccco1. The molecule has 0 unspecified atom stereocenters. The van der Waals surface area contributed by atoms with Gasteiger partial charge in [-0.1, -0.05) is 33.6 Å². The quantitative estimate of drug-likeness (QED) is 0.448. The molecule has 0 bridgehead atoms. The molecular formula is C23H38N2O5S. The number of hydrogen-bond donors (Lipinski definition) is 2. The van der Waals surface area contributed by atoms with Gasteiger partial charge in [0.1, 0.15) is 17.4 Å². The molecule has 0 aliphatic rings. The van der Waals surface area contributed by atoms with Gasteiger partial charge in [-0.2, -0.15) is 0 Å². The summed E-state index contributed by atoms with van der Waals surface area (Å²) >= 11 is 1.46. The second-order valence-electron chi connectivity index (χ2n) is 9.07. The van der Waals surface area contributed by atoms with Crippen molar-refractivity contribution in [3.63, 3.8) is 0 Å². The van der Waals surface area contributed by atoms with Gasteiger partial charge in [0.15, 0.2) is 5.78 Å². The van der Waals surface area contributed by atoms with Gasteiger partial charge in [0.25, 0.3) is 0 Å². The molecule has 31 heavy (non-hydrogen) atoms. The largest absolute Gasteiger partial charge is 0.468 e. The van der Waals surface area contributed by atoms with Gasteiger partial charge < -0.3 is 19.8 Å². The fourth-order valence-electron chi connectivity index (χ4n) is 2.89. The zero-order valence-corrected chi connectivity index (χ0v) is 20.5. The van der Waals surface area contributed by atoms with Crippen molar-refractivity contribution in [2.45, 2.75) is 90.7 Å². The van der Waals surface area contributed by atoms with Crippen LogP contribution in [0.4, 0.5) is 4.79 Å². The first-order chi connectivity index (χ1) is 14.5. The first-order valence-corrected chi connectivity index (χ1v) is 12.1. The zero-order valence-electron chi connectivity index (χ0n) is 19.7. The number of alkyl carbamates (subject to hydrolysis) is 1. The van der Waals surface area contributed by atoms with Gasteiger partial charge in [0.2, 0.25) is 5.91 Å². The maximum Gasteiger partial charge on any atom is 0.408 e. The summed E-state index contributed by atoms with van der Waals surface area (Å²) in [4.78, 5) is 38.0. The summed E-state index contributed by atoms with van der Waals surface area (Å²) in [5.41, 5.74) is -0.659. The van der Waals surface area contributed by atoms with Gasteiger partial charge in [0, 0.05) is 0 Å². The Kier molecular flexibility index (Phi) is 11.7. The smallest absolute Gasteiger partial charge is 0.408 e. The summed E-state index contributed by atoms with van der Waals surface area (Å²) in [6.45, 7) is 11.3. The lowest BCUT2D eigenvalue weighted by molar-refractivity contribution is -0.128. The standard InChI is InChI=1S/C23H38N2O5S/c1-7-8-11-18(20(26)15-31-14-17-10-9-12-29-17)24-21(27)19(13-16(2)3)25-22(28)30-23(4,5)6/h9-10,12,16,18-19H,7-8,11,13-15H2,1-6H3,(H,24,27)(H,25,28)/t18-,19-/m0/s1. The van der Waals surface area contributed by atoms with E-state index in [2.05, 4.69) is 10.6 Å². The first kappa shape index (κ1) is 27.1. The van der Waals surface area contributed by atoms with E-state index in [1.807, 2.05) is 32.9 Å². The van der Waals surface area contributed by atoms with E-state index in [0.717, 1.165) is 18.6 Å². The number of Topliss-reactive ketones (excluding diaryl/α,β-unsaturated/α-hetero) is 1. The zero-order chi connectivity index (χ0) is 23.4. The summed E-state index contributed by atoms with van der Waals surface area (Å²) in [6.07, 6.45) is 3.74. The molecule has 0 spiro atoms. The third kappa shape index (κ3) is 11.9. The third-order valence-electron chi connectivity index (χ3n) is 4.33. The number of thioether (sulfide) groups is 1. The first-order valence-electron chi connectivity index (χ1n) is 10.9. The minimum Gasteiger partial charge on any atom is -0.468 e. The van der Waals surface area contributed by atoms with Crippen LogP contribution in [0, 0.1) is 5.92 Å². The van der Waals surface area contributed by atoms with E-state index in [0.29, 0.717) is 18.6 Å². The average molecular weight is 455 g/mol. The molecule has 0 radical (unpaired) electrons. The lowest BCUT2D eigenvalue weighted by Crippen LogP contribution is -2.53. The maximum atomic E-state index is 13.0. The Morgan fingerprint density at radius 3 is 2.42 bits per heavy atom. The molecule has 1 aromatic heterocycles. The van der Waals surface area contributed by atoms with Crippen molar-refractivity contribution in [3.05, 3.63) is 24.2 Å². The number of hydrogen-bond acceptors (Lipinski definition) is 6. The highest BCUT2D eigenvalue weighted by atomic mass is 32.2. The fraction of sp³-hybridized carbons (Fsp3) is 0.696. The number of furan rings is 1. The van der Waals surface area contributed by atoms with E-state index in [-0.39, 0.29) is 23.4 Å². The Bertz CT molecular complexity index is 683. The number of carbonyl (C=O) groups is 3. The molecule has 0 fully saturated rings. The van der Waals surface area contributed by atoms with Gasteiger partial charge >= 0.3 is 6.09 Å². The van der Waals surface area contributed by atoms with Crippen LogP contribution in [0.15, 0.2) is 22.8 Å². The Morgan fingerprint density at radius 1 is 1.16 bits per heavy atom. The predicted molar refractivity (Wildman–Crippen MR) is 124 cm³/mol. The van der Waals surface area contributed by atoms with Crippen LogP contribution >= 0.6 is 11.8 Å². The van der Waals surface area contributed by atoms with E-state index >= 15 is 0 Å². The van der Waals surface area contributed by atoms with Crippen molar-refractivity contribution in [1.29, 1.82) is 0 Å². The van der Waals surface area contributed by atoms with Crippen molar-refractivity contribution in [3.8, 4) is 0 Å². The highest BCUT2D eigenvalue weighted by Gasteiger charge is 2.28. The number of rotatable bonds is 13. The Labute approximate surface area is 190 Å². The van der Waals surface area contributed by atoms with Crippen LogP contribution in [-0.4, -0.2) is 41.2 Å². The van der Waals surface area contributed by atoms with Crippen molar-refractivity contribution >= 4 is 29.5 Å². The Hall–Kier alpha value is -1.96. The van der Waals surface area contributed by atoms with Gasteiger partial charge in [-0.25, -0.2) is 4.79 Å². The molecule has 0 saturated heterocycles. The monoisotopic (exact) mass is 454 g/mol. The molecule has 0 saturated carbocycles. The van der Waals surface area contributed by atoms with E-state index in [1.165, 1.54) is 11.8 Å². The van der Waals surface area contributed by atoms with Crippen LogP contribution < -0.4 is 10.6 Å². The van der Waals surface area contributed by atoms with Crippen LogP contribution in [0.1, 0.15) is 73.0 Å². The number of unbranched alkanes of at least 4 members (excludes halogenated alkanes) is 1. The molecule has 7 nitrogen and oxygen atoms in total. The summed E-state index contributed by atoms with van der Waals surface area (Å²) < 4.78 is 10.6. The van der Waals surface area contributed by atoms with E-state index in [1.54, 1.807) is 27.0 Å². The summed E-state index contributed by atoms with van der Waals surface area (Å²) in [5, 5.41) is 5.54. The topological polar surface area (TPSA) is 97.6 Å². The molecule has 1 rings (SSSR count). The molecular weight excluding hydrogens is 416 g/mol. The van der Waals surface area contributed by atoms with E-state index < -0.39 is 23.8 Å². The Morgan fingerprint density at radius 2 is 1.87 bits per heavy atom. The number of ether oxygens (including phenoxy) is 1. The van der Waals surface area contributed by atoms with Crippen LogP contribution in [0.25, 0.3) is 0 Å². The van der Waals surface area contributed by atoms with Crippen LogP contribution in [0.5, 0.6) is 0 Å². The van der Waals surface area contributed by atoms with Crippen molar-refractivity contribution in [2.24, 2.45) is 5.92 Å². The average Bonchev–Trinajstić information content (AvgIpc) is 3.15. The summed E-state index contributed by atoms with van der Waals surface area (Å²) in [7, 11) is 0. The van der Waals surface area contributed by atoms with Crippen LogP contribution in [0.2, 0.25) is 0 Å². The molecule has 1 aromatic rings. The minimum absolute atomic E-state index is 0.0288. The van der Waals surface area contributed by atoms with Gasteiger partial charge in [-0.3, -0.25) is 9.59 Å². The molecule has 176 valence electrons. The lowest BCUT2D eigenvalue weighted by Gasteiger charge is -2.26. The van der Waals surface area contributed by atoms with Crippen molar-refractivity contribution in [1.82, 2.24) is 10.6 Å². The highest BCUT2D eigenvalue weighted by molar-refractivity contribution is 7.99. The van der Waals surface area contributed by atoms with Crippen LogP contribution in [0.3, 0.4) is 0 Å². The van der Waals surface area contributed by atoms with Gasteiger partial charge in [-0.05, 0) is 51.7 Å². The van der Waals surface area contributed by atoms with Crippen molar-refractivity contribution < 1.29 is 23.5 Å². The summed E-state index contributed by atoms with van der Waals surface area (Å²) in [6, 6.07) is 2.34. The lowest BCUT2D eigenvalue weighted by atomic mass is 10.0. The normalized spacial score (nSPS) is 13.5. The van der Waals surface area contributed by atoms with Gasteiger partial charge in [0.05, 0.1) is 23.8 Å². The van der Waals surface area contributed by atoms with Gasteiger partial charge in [-0.15, -0.1) is 11.8 Å². The predicted octanol–water partition coefficient (Wildman–Crippen LogP) is 4.70. The number of amides is 2. The van der Waals surface area contributed by atoms with E-state index in [4.69, 9.17) is 9.15 Å². The fourth-order valence-corrected chi connectivity index (χ4v) is 3.76. The molecule has 0 aliphatic carbocycles. The van der Waals surface area contributed by atoms with Crippen LogP contribution in [-0.2, 0) is 20.1 Å². The number of carbonyl (C=O) groups excluding carboxylic acids is 3. The molecule has 0 aliphatic heterocycles. The minimum atomic E-state index is -0.762. The maximum absolute atomic E-state index is 13.0. The Balaban J connectivity index is 2.74. The summed E-state index contributed by atoms with van der Waals surface area (Å²) in [5.74, 6) is 1.49. The molecule has 8 heteroatoms. The molecule has 2 N–H and O–H groups in total. The molecule has 2 amide bonds. The number of nitrogens with one attached hydrogen (secondary N) is 2. The second-order valence-corrected chi connectivity index (χ2v) is 10.1. The molecule has 1 heterocycles. The van der Waals surface area contributed by atoms with Crippen molar-refractivity contribution in [2.75, 3.05) is 5.75 Å². The molecule has 0 aromatic carbocycles.